The summed E-state index contributed by atoms with van der Waals surface area (Å²) < 4.78 is 5.87. The Morgan fingerprint density at radius 1 is 1.53 bits per heavy atom. The van der Waals surface area contributed by atoms with E-state index in [9.17, 15) is 4.79 Å². The number of ether oxygens (including phenoxy) is 1. The fraction of sp³-hybridized carbons (Fsp3) is 0.500. The van der Waals surface area contributed by atoms with E-state index >= 15 is 0 Å². The Hall–Kier alpha value is -0.580. The second kappa shape index (κ2) is 6.25. The van der Waals surface area contributed by atoms with E-state index in [-0.39, 0.29) is 11.3 Å². The molecule has 1 aromatic rings. The van der Waals surface area contributed by atoms with Gasteiger partial charge in [0, 0.05) is 29.8 Å². The van der Waals surface area contributed by atoms with Crippen LogP contribution < -0.4 is 5.32 Å². The molecule has 0 atom stereocenters. The molecule has 0 aromatic heterocycles. The Bertz CT molecular complexity index is 475. The summed E-state index contributed by atoms with van der Waals surface area (Å²) in [5.41, 5.74) is 0.825. The highest BCUT2D eigenvalue weighted by atomic mass is 79.9. The van der Waals surface area contributed by atoms with Crippen LogP contribution in [-0.4, -0.2) is 26.2 Å². The van der Waals surface area contributed by atoms with Gasteiger partial charge < -0.3 is 10.1 Å². The highest BCUT2D eigenvalue weighted by Crippen LogP contribution is 2.48. The smallest absolute Gasteiger partial charge is 0.252 e. The molecule has 3 nitrogen and oxygen atoms in total. The molecular formula is C14H17BrClNO2. The third-order valence-electron chi connectivity index (χ3n) is 3.59. The van der Waals surface area contributed by atoms with Gasteiger partial charge in [-0.2, -0.15) is 0 Å². The number of nitrogens with one attached hydrogen (secondary N) is 1. The zero-order valence-corrected chi connectivity index (χ0v) is 13.2. The SMILES string of the molecule is COCCC1(CNC(=O)c2cc(Cl)ccc2Br)CC1. The predicted octanol–water partition coefficient (Wildman–Crippen LogP) is 3.65. The summed E-state index contributed by atoms with van der Waals surface area (Å²) in [5.74, 6) is -0.0851. The summed E-state index contributed by atoms with van der Waals surface area (Å²) in [5, 5.41) is 3.56. The molecule has 0 saturated heterocycles. The second-order valence-electron chi connectivity index (χ2n) is 5.05. The van der Waals surface area contributed by atoms with Gasteiger partial charge in [-0.05, 0) is 58.8 Å². The Kier molecular flexibility index (Phi) is 4.87. The maximum absolute atomic E-state index is 12.1. The van der Waals surface area contributed by atoms with E-state index < -0.39 is 0 Å². The summed E-state index contributed by atoms with van der Waals surface area (Å²) in [4.78, 5) is 12.1. The van der Waals surface area contributed by atoms with Crippen molar-refractivity contribution in [1.82, 2.24) is 5.32 Å². The summed E-state index contributed by atoms with van der Waals surface area (Å²) in [6.45, 7) is 1.45. The van der Waals surface area contributed by atoms with Crippen molar-refractivity contribution < 1.29 is 9.53 Å². The first-order chi connectivity index (χ1) is 9.06. The lowest BCUT2D eigenvalue weighted by atomic mass is 10.0. The van der Waals surface area contributed by atoms with Gasteiger partial charge >= 0.3 is 0 Å². The van der Waals surface area contributed by atoms with Gasteiger partial charge in [-0.1, -0.05) is 11.6 Å². The molecule has 0 radical (unpaired) electrons. The maximum atomic E-state index is 12.1. The molecule has 0 heterocycles. The van der Waals surface area contributed by atoms with Gasteiger partial charge in [0.2, 0.25) is 0 Å². The van der Waals surface area contributed by atoms with Crippen molar-refractivity contribution in [3.63, 3.8) is 0 Å². The average Bonchev–Trinajstić information content (AvgIpc) is 3.17. The first-order valence-electron chi connectivity index (χ1n) is 6.28. The van der Waals surface area contributed by atoms with Crippen LogP contribution in [0, 0.1) is 5.41 Å². The van der Waals surface area contributed by atoms with E-state index in [1.54, 1.807) is 25.3 Å². The summed E-state index contributed by atoms with van der Waals surface area (Å²) in [6, 6.07) is 5.22. The molecule has 1 amide bonds. The van der Waals surface area contributed by atoms with Crippen LogP contribution in [0.1, 0.15) is 29.6 Å². The van der Waals surface area contributed by atoms with Crippen molar-refractivity contribution in [1.29, 1.82) is 0 Å². The van der Waals surface area contributed by atoms with E-state index in [2.05, 4.69) is 21.2 Å². The standard InChI is InChI=1S/C14H17BrClNO2/c1-19-7-6-14(4-5-14)9-17-13(18)11-8-10(16)2-3-12(11)15/h2-3,8H,4-7,9H2,1H3,(H,17,18). The Morgan fingerprint density at radius 3 is 2.89 bits per heavy atom. The molecule has 0 spiro atoms. The molecule has 1 aromatic carbocycles. The van der Waals surface area contributed by atoms with Gasteiger partial charge in [0.25, 0.3) is 5.91 Å². The van der Waals surface area contributed by atoms with Gasteiger partial charge in [-0.3, -0.25) is 4.79 Å². The van der Waals surface area contributed by atoms with Crippen LogP contribution in [0.3, 0.4) is 0 Å². The number of methoxy groups -OCH3 is 1. The number of carbonyl (C=O) groups is 1. The minimum absolute atomic E-state index is 0.0851. The van der Waals surface area contributed by atoms with Crippen molar-refractivity contribution >= 4 is 33.4 Å². The molecule has 1 N–H and O–H groups in total. The van der Waals surface area contributed by atoms with E-state index in [4.69, 9.17) is 16.3 Å². The minimum atomic E-state index is -0.0851. The zero-order valence-electron chi connectivity index (χ0n) is 10.8. The number of carbonyl (C=O) groups excluding carboxylic acids is 1. The lowest BCUT2D eigenvalue weighted by Gasteiger charge is -2.16. The van der Waals surface area contributed by atoms with Gasteiger partial charge in [0.05, 0.1) is 5.56 Å². The minimum Gasteiger partial charge on any atom is -0.385 e. The monoisotopic (exact) mass is 345 g/mol. The van der Waals surface area contributed by atoms with E-state index in [1.807, 2.05) is 0 Å². The number of amides is 1. The van der Waals surface area contributed by atoms with Gasteiger partial charge in [0.1, 0.15) is 0 Å². The molecular weight excluding hydrogens is 330 g/mol. The number of hydrogen-bond donors (Lipinski definition) is 1. The highest BCUT2D eigenvalue weighted by Gasteiger charge is 2.42. The first kappa shape index (κ1) is 14.8. The molecule has 2 rings (SSSR count). The fourth-order valence-electron chi connectivity index (χ4n) is 2.05. The normalized spacial score (nSPS) is 16.2. The Balaban J connectivity index is 1.93. The topological polar surface area (TPSA) is 38.3 Å². The van der Waals surface area contributed by atoms with Gasteiger partial charge in [-0.25, -0.2) is 0 Å². The van der Waals surface area contributed by atoms with E-state index in [0.29, 0.717) is 17.1 Å². The van der Waals surface area contributed by atoms with Crippen LogP contribution in [0.15, 0.2) is 22.7 Å². The Labute approximate surface area is 126 Å². The second-order valence-corrected chi connectivity index (χ2v) is 6.34. The van der Waals surface area contributed by atoms with E-state index in [1.165, 1.54) is 0 Å². The zero-order chi connectivity index (χ0) is 13.9. The number of hydrogen-bond acceptors (Lipinski definition) is 2. The third kappa shape index (κ3) is 3.94. The molecule has 1 saturated carbocycles. The molecule has 0 bridgehead atoms. The van der Waals surface area contributed by atoms with Gasteiger partial charge in [0.15, 0.2) is 0 Å². The summed E-state index contributed by atoms with van der Waals surface area (Å²) >= 11 is 9.28. The van der Waals surface area contributed by atoms with Crippen LogP contribution in [0.25, 0.3) is 0 Å². The van der Waals surface area contributed by atoms with Gasteiger partial charge in [-0.15, -0.1) is 0 Å². The van der Waals surface area contributed by atoms with Crippen LogP contribution in [0.2, 0.25) is 5.02 Å². The molecule has 19 heavy (non-hydrogen) atoms. The largest absolute Gasteiger partial charge is 0.385 e. The number of rotatable bonds is 6. The molecule has 1 aliphatic rings. The number of halogens is 2. The first-order valence-corrected chi connectivity index (χ1v) is 7.46. The van der Waals surface area contributed by atoms with E-state index in [0.717, 1.165) is 30.3 Å². The van der Waals surface area contributed by atoms with Crippen LogP contribution in [-0.2, 0) is 4.74 Å². The lowest BCUT2D eigenvalue weighted by molar-refractivity contribution is 0.0937. The summed E-state index contributed by atoms with van der Waals surface area (Å²) in [6.07, 6.45) is 3.32. The molecule has 5 heteroatoms. The maximum Gasteiger partial charge on any atom is 0.252 e. The molecule has 104 valence electrons. The molecule has 1 fully saturated rings. The third-order valence-corrected chi connectivity index (χ3v) is 4.52. The van der Waals surface area contributed by atoms with Crippen LogP contribution >= 0.6 is 27.5 Å². The van der Waals surface area contributed by atoms with Crippen molar-refractivity contribution in [2.75, 3.05) is 20.3 Å². The van der Waals surface area contributed by atoms with Crippen LogP contribution in [0.4, 0.5) is 0 Å². The Morgan fingerprint density at radius 2 is 2.26 bits per heavy atom. The highest BCUT2D eigenvalue weighted by molar-refractivity contribution is 9.10. The number of benzene rings is 1. The van der Waals surface area contributed by atoms with Crippen molar-refractivity contribution in [3.05, 3.63) is 33.3 Å². The van der Waals surface area contributed by atoms with Crippen molar-refractivity contribution in [2.45, 2.75) is 19.3 Å². The quantitative estimate of drug-likeness (QED) is 0.854. The molecule has 1 aliphatic carbocycles. The molecule has 0 unspecified atom stereocenters. The fourth-order valence-corrected chi connectivity index (χ4v) is 2.64. The van der Waals surface area contributed by atoms with Crippen molar-refractivity contribution in [2.24, 2.45) is 5.41 Å². The van der Waals surface area contributed by atoms with Crippen LogP contribution in [0.5, 0.6) is 0 Å². The van der Waals surface area contributed by atoms with Crippen molar-refractivity contribution in [3.8, 4) is 0 Å². The molecule has 0 aliphatic heterocycles. The summed E-state index contributed by atoms with van der Waals surface area (Å²) in [7, 11) is 1.71. The lowest BCUT2D eigenvalue weighted by Crippen LogP contribution is -2.31. The predicted molar refractivity (Wildman–Crippen MR) is 79.6 cm³/mol. The average molecular weight is 347 g/mol.